The maximum Gasteiger partial charge on any atom is 0.305 e. The van der Waals surface area contributed by atoms with Crippen LogP contribution in [0.25, 0.3) is 0 Å². The molecule has 3 N–H and O–H groups in total. The average molecular weight is 975 g/mol. The number of aliphatic hydroxyl groups excluding tert-OH is 2. The molecule has 0 fully saturated rings. The van der Waals surface area contributed by atoms with Crippen LogP contribution in [0, 0.1) is 0 Å². The molecule has 1 amide bonds. The van der Waals surface area contributed by atoms with Crippen molar-refractivity contribution in [2.75, 3.05) is 13.2 Å². The largest absolute Gasteiger partial charge is 0.466 e. The number of amides is 1. The third-order valence-corrected chi connectivity index (χ3v) is 14.8. The number of aliphatic hydroxyl groups is 2. The number of carbonyl (C=O) groups is 2. The molecule has 6 heteroatoms. The van der Waals surface area contributed by atoms with E-state index in [-0.39, 0.29) is 18.5 Å². The molecule has 6 nitrogen and oxygen atoms in total. The first kappa shape index (κ1) is 67.6. The predicted molar refractivity (Wildman–Crippen MR) is 301 cm³/mol. The van der Waals surface area contributed by atoms with Crippen molar-refractivity contribution < 1.29 is 24.5 Å². The van der Waals surface area contributed by atoms with Crippen molar-refractivity contribution in [1.29, 1.82) is 0 Å². The van der Waals surface area contributed by atoms with E-state index in [1.807, 2.05) is 0 Å². The Hall–Kier alpha value is -1.40. The molecule has 0 spiro atoms. The van der Waals surface area contributed by atoms with Crippen LogP contribution in [-0.2, 0) is 14.3 Å². The topological polar surface area (TPSA) is 95.9 Å². The van der Waals surface area contributed by atoms with E-state index in [0.717, 1.165) is 57.8 Å². The zero-order valence-electron chi connectivity index (χ0n) is 46.8. The minimum Gasteiger partial charge on any atom is -0.466 e. The summed E-state index contributed by atoms with van der Waals surface area (Å²) < 4.78 is 5.47. The van der Waals surface area contributed by atoms with Gasteiger partial charge < -0.3 is 20.3 Å². The molecule has 0 aromatic rings. The van der Waals surface area contributed by atoms with E-state index in [4.69, 9.17) is 4.74 Å². The van der Waals surface area contributed by atoms with Gasteiger partial charge in [-0.25, -0.2) is 0 Å². The standard InChI is InChI=1S/C63H123NO5/c1-3-5-7-9-11-13-15-17-19-20-21-22-23-24-25-26-27-28-30-31-35-39-43-47-51-55-61(66)60(59-65)64-62(67)56-52-48-44-40-36-33-34-38-42-46-50-54-58-69-63(68)57-53-49-45-41-37-32-29-18-16-14-12-10-8-6-4-2/h18,29,60-61,65-66H,3-17,19-28,30-59H2,1-2H3,(H,64,67)/b29-18-. The number of ether oxygens (including phenoxy) is 1. The van der Waals surface area contributed by atoms with Gasteiger partial charge in [0.2, 0.25) is 5.91 Å². The van der Waals surface area contributed by atoms with E-state index in [2.05, 4.69) is 31.3 Å². The minimum atomic E-state index is -0.676. The van der Waals surface area contributed by atoms with Crippen molar-refractivity contribution in [2.24, 2.45) is 0 Å². The second-order valence-electron chi connectivity index (χ2n) is 21.7. The molecule has 0 saturated heterocycles. The molecular weight excluding hydrogens is 851 g/mol. The summed E-state index contributed by atoms with van der Waals surface area (Å²) in [5.74, 6) is -0.0621. The van der Waals surface area contributed by atoms with Crippen molar-refractivity contribution in [3.8, 4) is 0 Å². The monoisotopic (exact) mass is 974 g/mol. The fourth-order valence-corrected chi connectivity index (χ4v) is 9.99. The van der Waals surface area contributed by atoms with E-state index in [9.17, 15) is 19.8 Å². The fourth-order valence-electron chi connectivity index (χ4n) is 9.99. The number of rotatable bonds is 59. The van der Waals surface area contributed by atoms with Crippen molar-refractivity contribution in [3.05, 3.63) is 12.2 Å². The smallest absolute Gasteiger partial charge is 0.305 e. The first-order chi connectivity index (χ1) is 34.0. The first-order valence-electron chi connectivity index (χ1n) is 31.4. The Morgan fingerprint density at radius 2 is 0.681 bits per heavy atom. The Morgan fingerprint density at radius 1 is 0.391 bits per heavy atom. The molecule has 2 atom stereocenters. The summed E-state index contributed by atoms with van der Waals surface area (Å²) in [4.78, 5) is 24.6. The summed E-state index contributed by atoms with van der Waals surface area (Å²) in [6.45, 7) is 4.94. The summed E-state index contributed by atoms with van der Waals surface area (Å²) in [7, 11) is 0. The molecule has 0 aromatic carbocycles. The Kier molecular flexibility index (Phi) is 58.0. The lowest BCUT2D eigenvalue weighted by Crippen LogP contribution is -2.45. The van der Waals surface area contributed by atoms with E-state index in [1.165, 1.54) is 263 Å². The summed E-state index contributed by atoms with van der Waals surface area (Å²) in [6, 6.07) is -0.554. The second kappa shape index (κ2) is 59.2. The fraction of sp³-hybridized carbons (Fsp3) is 0.937. The lowest BCUT2D eigenvalue weighted by Gasteiger charge is -2.22. The van der Waals surface area contributed by atoms with E-state index < -0.39 is 12.1 Å². The molecule has 69 heavy (non-hydrogen) atoms. The summed E-state index contributed by atoms with van der Waals surface area (Å²) in [5, 5.41) is 23.4. The van der Waals surface area contributed by atoms with Crippen molar-refractivity contribution in [2.45, 2.75) is 366 Å². The van der Waals surface area contributed by atoms with Gasteiger partial charge in [-0.15, -0.1) is 0 Å². The summed E-state index contributed by atoms with van der Waals surface area (Å²) >= 11 is 0. The van der Waals surface area contributed by atoms with Gasteiger partial charge in [0.25, 0.3) is 0 Å². The van der Waals surface area contributed by atoms with Gasteiger partial charge in [0.1, 0.15) is 0 Å². The van der Waals surface area contributed by atoms with Crippen molar-refractivity contribution >= 4 is 11.9 Å². The molecule has 0 heterocycles. The maximum absolute atomic E-state index is 12.5. The molecular formula is C63H123NO5. The van der Waals surface area contributed by atoms with Crippen molar-refractivity contribution in [1.82, 2.24) is 5.32 Å². The molecule has 0 radical (unpaired) electrons. The van der Waals surface area contributed by atoms with Crippen LogP contribution >= 0.6 is 0 Å². The molecule has 0 aromatic heterocycles. The minimum absolute atomic E-state index is 0.0156. The number of carbonyl (C=O) groups excluding carboxylic acids is 2. The Labute approximate surface area is 431 Å². The summed E-state index contributed by atoms with van der Waals surface area (Å²) in [6.07, 6.45) is 70.7. The number of nitrogens with one attached hydrogen (secondary N) is 1. The highest BCUT2D eigenvalue weighted by Crippen LogP contribution is 2.18. The molecule has 0 aliphatic rings. The highest BCUT2D eigenvalue weighted by Gasteiger charge is 2.20. The third kappa shape index (κ3) is 55.8. The van der Waals surface area contributed by atoms with Crippen LogP contribution in [0.4, 0.5) is 0 Å². The van der Waals surface area contributed by atoms with Crippen LogP contribution in [0.1, 0.15) is 354 Å². The van der Waals surface area contributed by atoms with Gasteiger partial charge in [0.05, 0.1) is 25.4 Å². The molecule has 0 aliphatic carbocycles. The zero-order chi connectivity index (χ0) is 50.0. The van der Waals surface area contributed by atoms with Crippen LogP contribution in [0.3, 0.4) is 0 Å². The molecule has 0 rings (SSSR count). The van der Waals surface area contributed by atoms with E-state index in [0.29, 0.717) is 25.9 Å². The predicted octanol–water partition coefficient (Wildman–Crippen LogP) is 19.6. The van der Waals surface area contributed by atoms with Crippen LogP contribution in [0.2, 0.25) is 0 Å². The number of hydrogen-bond acceptors (Lipinski definition) is 5. The highest BCUT2D eigenvalue weighted by molar-refractivity contribution is 5.76. The van der Waals surface area contributed by atoms with Gasteiger partial charge in [-0.3, -0.25) is 9.59 Å². The Balaban J connectivity index is 3.44. The highest BCUT2D eigenvalue weighted by atomic mass is 16.5. The molecule has 2 unspecified atom stereocenters. The van der Waals surface area contributed by atoms with Crippen LogP contribution in [0.15, 0.2) is 12.2 Å². The van der Waals surface area contributed by atoms with Crippen LogP contribution in [0.5, 0.6) is 0 Å². The van der Waals surface area contributed by atoms with Crippen LogP contribution in [-0.4, -0.2) is 47.4 Å². The van der Waals surface area contributed by atoms with E-state index >= 15 is 0 Å². The van der Waals surface area contributed by atoms with Crippen LogP contribution < -0.4 is 5.32 Å². The number of esters is 1. The number of unbranched alkanes of at least 4 members (excludes halogenated alkanes) is 46. The number of hydrogen-bond donors (Lipinski definition) is 3. The second-order valence-corrected chi connectivity index (χ2v) is 21.7. The van der Waals surface area contributed by atoms with E-state index in [1.54, 1.807) is 0 Å². The Bertz CT molecular complexity index is 1030. The SMILES string of the molecule is CCCCCCCC/C=C\CCCCCCCC(=O)OCCCCCCCCCCCCCCC(=O)NC(CO)C(O)CCCCCCCCCCCCCCCCCCCCCCCCCCC. The first-order valence-corrected chi connectivity index (χ1v) is 31.4. The molecule has 0 bridgehead atoms. The van der Waals surface area contributed by atoms with Gasteiger partial charge in [-0.2, -0.15) is 0 Å². The molecule has 410 valence electrons. The van der Waals surface area contributed by atoms with Gasteiger partial charge in [0, 0.05) is 12.8 Å². The van der Waals surface area contributed by atoms with Crippen molar-refractivity contribution in [3.63, 3.8) is 0 Å². The lowest BCUT2D eigenvalue weighted by molar-refractivity contribution is -0.143. The van der Waals surface area contributed by atoms with Gasteiger partial charge in [0.15, 0.2) is 0 Å². The number of allylic oxidation sites excluding steroid dienone is 2. The van der Waals surface area contributed by atoms with Gasteiger partial charge in [-0.1, -0.05) is 302 Å². The molecule has 0 saturated carbocycles. The third-order valence-electron chi connectivity index (χ3n) is 14.8. The quantitative estimate of drug-likeness (QED) is 0.0321. The summed E-state index contributed by atoms with van der Waals surface area (Å²) in [5.41, 5.74) is 0. The average Bonchev–Trinajstić information content (AvgIpc) is 3.35. The zero-order valence-corrected chi connectivity index (χ0v) is 46.8. The molecule has 0 aliphatic heterocycles. The van der Waals surface area contributed by atoms with Gasteiger partial charge in [-0.05, 0) is 51.4 Å². The Morgan fingerprint density at radius 3 is 1.03 bits per heavy atom. The van der Waals surface area contributed by atoms with Gasteiger partial charge >= 0.3 is 5.97 Å². The lowest BCUT2D eigenvalue weighted by atomic mass is 10.0. The maximum atomic E-state index is 12.5. The normalized spacial score (nSPS) is 12.6.